The van der Waals surface area contributed by atoms with E-state index in [1.165, 1.54) is 25.7 Å². The number of amides is 1. The Bertz CT molecular complexity index is 848. The number of aromatic nitrogens is 2. The fraction of sp³-hybridized carbons (Fsp3) is 0.522. The summed E-state index contributed by atoms with van der Waals surface area (Å²) in [6, 6.07) is 7.95. The van der Waals surface area contributed by atoms with Crippen LogP contribution in [0.3, 0.4) is 0 Å². The molecule has 1 saturated carbocycles. The van der Waals surface area contributed by atoms with Gasteiger partial charge in [-0.05, 0) is 62.8 Å². The Balaban J connectivity index is 1.50. The molecule has 6 nitrogen and oxygen atoms in total. The Hall–Kier alpha value is -2.47. The third-order valence-corrected chi connectivity index (χ3v) is 5.91. The first-order chi connectivity index (χ1) is 14.1. The summed E-state index contributed by atoms with van der Waals surface area (Å²) in [5.74, 6) is 2.25. The van der Waals surface area contributed by atoms with Crippen molar-refractivity contribution in [1.29, 1.82) is 0 Å². The van der Waals surface area contributed by atoms with E-state index in [1.54, 1.807) is 13.3 Å². The van der Waals surface area contributed by atoms with Crippen LogP contribution in [-0.4, -0.2) is 41.0 Å². The molecule has 1 aromatic heterocycles. The number of carbonyl (C=O) groups is 1. The molecule has 0 spiro atoms. The maximum absolute atomic E-state index is 13.0. The van der Waals surface area contributed by atoms with Crippen LogP contribution >= 0.6 is 0 Å². The van der Waals surface area contributed by atoms with Crippen molar-refractivity contribution in [3.63, 3.8) is 0 Å². The zero-order chi connectivity index (χ0) is 20.2. The van der Waals surface area contributed by atoms with Gasteiger partial charge in [0.05, 0.1) is 24.4 Å². The lowest BCUT2D eigenvalue weighted by atomic mass is 9.95. The minimum Gasteiger partial charge on any atom is -0.497 e. The minimum absolute atomic E-state index is 0.104. The van der Waals surface area contributed by atoms with Crippen LogP contribution in [0.4, 0.5) is 0 Å². The smallest absolute Gasteiger partial charge is 0.255 e. The number of hydrogen-bond acceptors (Lipinski definition) is 5. The Morgan fingerprint density at radius 2 is 2.00 bits per heavy atom. The summed E-state index contributed by atoms with van der Waals surface area (Å²) in [5, 5.41) is 3.04. The molecule has 1 saturated heterocycles. The average Bonchev–Trinajstić information content (AvgIpc) is 3.57. The lowest BCUT2D eigenvalue weighted by molar-refractivity contribution is 0.0939. The Kier molecular flexibility index (Phi) is 6.09. The number of nitrogens with zero attached hydrogens (tertiary/aromatic N) is 3. The molecule has 0 bridgehead atoms. The fourth-order valence-electron chi connectivity index (χ4n) is 4.09. The standard InChI is InChI=1S/C23H30N4O2/c1-16-24-14-20(23(28)25-13-17-8-10-19(29-2)11-9-17)22(26-16)21-5-3-4-12-27(21)15-18-6-7-18/h8-11,14,18,21H,3-7,12-13,15H2,1-2H3,(H,25,28). The molecule has 2 aromatic rings. The van der Waals surface area contributed by atoms with E-state index in [0.29, 0.717) is 12.1 Å². The minimum atomic E-state index is -0.104. The predicted molar refractivity (Wildman–Crippen MR) is 112 cm³/mol. The summed E-state index contributed by atoms with van der Waals surface area (Å²) in [4.78, 5) is 24.6. The van der Waals surface area contributed by atoms with Gasteiger partial charge in [-0.15, -0.1) is 0 Å². The molecule has 1 aromatic carbocycles. The van der Waals surface area contributed by atoms with Crippen molar-refractivity contribution in [2.45, 2.75) is 51.6 Å². The number of rotatable bonds is 7. The quantitative estimate of drug-likeness (QED) is 0.776. The van der Waals surface area contributed by atoms with Gasteiger partial charge in [-0.2, -0.15) is 0 Å². The largest absolute Gasteiger partial charge is 0.497 e. The van der Waals surface area contributed by atoms with Gasteiger partial charge in [-0.1, -0.05) is 18.6 Å². The summed E-state index contributed by atoms with van der Waals surface area (Å²) in [6.45, 7) is 4.58. The van der Waals surface area contributed by atoms with Gasteiger partial charge in [0.25, 0.3) is 5.91 Å². The first kappa shape index (κ1) is 19.8. The third-order valence-electron chi connectivity index (χ3n) is 5.91. The molecule has 2 fully saturated rings. The van der Waals surface area contributed by atoms with Crippen LogP contribution in [0.15, 0.2) is 30.5 Å². The molecule has 1 N–H and O–H groups in total. The number of methoxy groups -OCH3 is 1. The number of nitrogens with one attached hydrogen (secondary N) is 1. The average molecular weight is 395 g/mol. The van der Waals surface area contributed by atoms with E-state index < -0.39 is 0 Å². The molecule has 2 aliphatic rings. The van der Waals surface area contributed by atoms with Crippen LogP contribution in [0.25, 0.3) is 0 Å². The van der Waals surface area contributed by atoms with Crippen molar-refractivity contribution in [3.8, 4) is 5.75 Å². The van der Waals surface area contributed by atoms with E-state index in [-0.39, 0.29) is 11.9 Å². The molecule has 154 valence electrons. The van der Waals surface area contributed by atoms with Gasteiger partial charge < -0.3 is 10.1 Å². The molecule has 2 heterocycles. The predicted octanol–water partition coefficient (Wildman–Crippen LogP) is 3.66. The maximum atomic E-state index is 13.0. The molecule has 4 rings (SSSR count). The van der Waals surface area contributed by atoms with E-state index in [0.717, 1.165) is 48.3 Å². The number of carbonyl (C=O) groups excluding carboxylic acids is 1. The second-order valence-corrected chi connectivity index (χ2v) is 8.20. The number of ether oxygens (including phenoxy) is 1. The molecule has 1 aliphatic carbocycles. The zero-order valence-corrected chi connectivity index (χ0v) is 17.4. The summed E-state index contributed by atoms with van der Waals surface area (Å²) >= 11 is 0. The third kappa shape index (κ3) is 4.93. The number of piperidine rings is 1. The molecule has 0 radical (unpaired) electrons. The highest BCUT2D eigenvalue weighted by Crippen LogP contribution is 2.37. The highest BCUT2D eigenvalue weighted by molar-refractivity contribution is 5.95. The molecule has 29 heavy (non-hydrogen) atoms. The van der Waals surface area contributed by atoms with Crippen molar-refractivity contribution >= 4 is 5.91 Å². The first-order valence-corrected chi connectivity index (χ1v) is 10.6. The summed E-state index contributed by atoms with van der Waals surface area (Å²) in [7, 11) is 1.65. The van der Waals surface area contributed by atoms with Gasteiger partial charge >= 0.3 is 0 Å². The normalized spacial score (nSPS) is 19.7. The van der Waals surface area contributed by atoms with Crippen molar-refractivity contribution in [3.05, 3.63) is 53.1 Å². The van der Waals surface area contributed by atoms with Crippen LogP contribution in [0.1, 0.15) is 65.6 Å². The maximum Gasteiger partial charge on any atom is 0.255 e. The molecule has 1 aliphatic heterocycles. The van der Waals surface area contributed by atoms with E-state index in [4.69, 9.17) is 9.72 Å². The van der Waals surface area contributed by atoms with E-state index in [9.17, 15) is 4.79 Å². The van der Waals surface area contributed by atoms with E-state index in [2.05, 4.69) is 15.2 Å². The van der Waals surface area contributed by atoms with Crippen molar-refractivity contribution in [1.82, 2.24) is 20.2 Å². The van der Waals surface area contributed by atoms with E-state index in [1.807, 2.05) is 31.2 Å². The van der Waals surface area contributed by atoms with E-state index >= 15 is 0 Å². The van der Waals surface area contributed by atoms with Gasteiger partial charge in [-0.25, -0.2) is 9.97 Å². The summed E-state index contributed by atoms with van der Waals surface area (Å²) < 4.78 is 5.19. The molecule has 1 unspecified atom stereocenters. The SMILES string of the molecule is COc1ccc(CNC(=O)c2cnc(C)nc2C2CCCCN2CC2CC2)cc1. The molecular formula is C23H30N4O2. The second-order valence-electron chi connectivity index (χ2n) is 8.20. The van der Waals surface area contributed by atoms with Crippen molar-refractivity contribution < 1.29 is 9.53 Å². The van der Waals surface area contributed by atoms with Crippen LogP contribution in [-0.2, 0) is 6.54 Å². The van der Waals surface area contributed by atoms with Gasteiger partial charge in [-0.3, -0.25) is 9.69 Å². The molecule has 1 amide bonds. The summed E-state index contributed by atoms with van der Waals surface area (Å²) in [5.41, 5.74) is 2.53. The number of likely N-dealkylation sites (tertiary alicyclic amines) is 1. The van der Waals surface area contributed by atoms with Crippen LogP contribution in [0.2, 0.25) is 0 Å². The lowest BCUT2D eigenvalue weighted by Crippen LogP contribution is -2.37. The number of hydrogen-bond donors (Lipinski definition) is 1. The molecule has 1 atom stereocenters. The second kappa shape index (κ2) is 8.91. The Labute approximate surface area is 172 Å². The van der Waals surface area contributed by atoms with Crippen molar-refractivity contribution in [2.24, 2.45) is 5.92 Å². The Morgan fingerprint density at radius 1 is 1.21 bits per heavy atom. The highest BCUT2D eigenvalue weighted by Gasteiger charge is 2.33. The van der Waals surface area contributed by atoms with Gasteiger partial charge in [0.15, 0.2) is 0 Å². The fourth-order valence-corrected chi connectivity index (χ4v) is 4.09. The molecular weight excluding hydrogens is 364 g/mol. The van der Waals surface area contributed by atoms with Gasteiger partial charge in [0, 0.05) is 19.3 Å². The lowest BCUT2D eigenvalue weighted by Gasteiger charge is -2.36. The number of aryl methyl sites for hydroxylation is 1. The van der Waals surface area contributed by atoms with Gasteiger partial charge in [0.1, 0.15) is 11.6 Å². The van der Waals surface area contributed by atoms with Crippen molar-refractivity contribution in [2.75, 3.05) is 20.2 Å². The van der Waals surface area contributed by atoms with Crippen LogP contribution in [0, 0.1) is 12.8 Å². The molecule has 6 heteroatoms. The van der Waals surface area contributed by atoms with Crippen LogP contribution in [0.5, 0.6) is 5.75 Å². The topological polar surface area (TPSA) is 67.3 Å². The van der Waals surface area contributed by atoms with Gasteiger partial charge in [0.2, 0.25) is 0 Å². The Morgan fingerprint density at radius 3 is 2.72 bits per heavy atom. The first-order valence-electron chi connectivity index (χ1n) is 10.6. The highest BCUT2D eigenvalue weighted by atomic mass is 16.5. The summed E-state index contributed by atoms with van der Waals surface area (Å²) in [6.07, 6.45) is 7.84. The monoisotopic (exact) mass is 394 g/mol. The number of benzene rings is 1. The van der Waals surface area contributed by atoms with Crippen LogP contribution < -0.4 is 10.1 Å². The zero-order valence-electron chi connectivity index (χ0n) is 17.4.